The zero-order chi connectivity index (χ0) is 24.2. The third kappa shape index (κ3) is 5.97. The summed E-state index contributed by atoms with van der Waals surface area (Å²) in [6.07, 6.45) is 11.5. The van der Waals surface area contributed by atoms with Gasteiger partial charge in [0, 0.05) is 42.3 Å². The Morgan fingerprint density at radius 3 is 2.57 bits per heavy atom. The van der Waals surface area contributed by atoms with E-state index in [1.165, 1.54) is 0 Å². The molecule has 0 unspecified atom stereocenters. The van der Waals surface area contributed by atoms with Gasteiger partial charge in [-0.15, -0.1) is 0 Å². The number of amides is 1. The number of nitrogens with zero attached hydrogens (tertiary/aromatic N) is 4. The van der Waals surface area contributed by atoms with E-state index in [1.54, 1.807) is 24.8 Å². The van der Waals surface area contributed by atoms with Crippen LogP contribution in [-0.2, 0) is 16.0 Å². The molecule has 1 aliphatic heterocycles. The lowest BCUT2D eigenvalue weighted by molar-refractivity contribution is -0.124. The van der Waals surface area contributed by atoms with Gasteiger partial charge in [-0.25, -0.2) is 15.0 Å². The molecule has 184 valence electrons. The summed E-state index contributed by atoms with van der Waals surface area (Å²) in [5, 5.41) is 11.5. The van der Waals surface area contributed by atoms with Gasteiger partial charge in [-0.3, -0.25) is 9.78 Å². The Morgan fingerprint density at radius 2 is 1.86 bits per heavy atom. The van der Waals surface area contributed by atoms with Crippen LogP contribution in [0, 0.1) is 5.92 Å². The predicted molar refractivity (Wildman–Crippen MR) is 135 cm³/mol. The maximum atomic E-state index is 12.0. The number of nitrogens with one attached hydrogen (secondary N) is 3. The van der Waals surface area contributed by atoms with Crippen LogP contribution in [0.25, 0.3) is 10.9 Å². The number of fused-ring (bicyclic) bond motifs is 1. The Labute approximate surface area is 209 Å². The molecule has 3 N–H and O–H groups in total. The maximum Gasteiger partial charge on any atom is 0.224 e. The van der Waals surface area contributed by atoms with Crippen LogP contribution in [0.1, 0.15) is 38.2 Å². The normalized spacial score (nSPS) is 21.2. The first-order valence-corrected chi connectivity index (χ1v) is 12.5. The zero-order valence-corrected chi connectivity index (χ0v) is 20.5. The highest BCUT2D eigenvalue weighted by Gasteiger charge is 2.26. The van der Waals surface area contributed by atoms with Crippen molar-refractivity contribution in [1.29, 1.82) is 0 Å². The van der Waals surface area contributed by atoms with Gasteiger partial charge in [0.2, 0.25) is 11.9 Å². The first-order chi connectivity index (χ1) is 17.0. The molecule has 0 radical (unpaired) electrons. The molecule has 0 bridgehead atoms. The van der Waals surface area contributed by atoms with E-state index < -0.39 is 0 Å². The second-order valence-corrected chi connectivity index (χ2v) is 9.88. The van der Waals surface area contributed by atoms with E-state index in [0.717, 1.165) is 48.0 Å². The molecule has 2 aliphatic rings. The minimum Gasteiger partial charge on any atom is -0.377 e. The largest absolute Gasteiger partial charge is 0.377 e. The molecule has 3 aromatic heterocycles. The Hall–Kier alpha value is -3.04. The summed E-state index contributed by atoms with van der Waals surface area (Å²) in [7, 11) is 0. The van der Waals surface area contributed by atoms with E-state index in [0.29, 0.717) is 36.1 Å². The molecule has 3 aromatic rings. The number of aromatic nitrogens is 4. The van der Waals surface area contributed by atoms with Crippen LogP contribution in [0.15, 0.2) is 36.9 Å². The quantitative estimate of drug-likeness (QED) is 0.434. The van der Waals surface area contributed by atoms with Crippen molar-refractivity contribution in [1.82, 2.24) is 25.3 Å². The summed E-state index contributed by atoms with van der Waals surface area (Å²) < 4.78 is 5.08. The third-order valence-electron chi connectivity index (χ3n) is 6.82. The summed E-state index contributed by atoms with van der Waals surface area (Å²) in [6.45, 7) is 3.37. The lowest BCUT2D eigenvalue weighted by atomic mass is 9.82. The number of pyridine rings is 2. The van der Waals surface area contributed by atoms with E-state index in [1.807, 2.05) is 12.1 Å². The van der Waals surface area contributed by atoms with E-state index >= 15 is 0 Å². The Morgan fingerprint density at radius 1 is 1.09 bits per heavy atom. The summed E-state index contributed by atoms with van der Waals surface area (Å²) in [5.74, 6) is 1.96. The van der Waals surface area contributed by atoms with Crippen molar-refractivity contribution in [2.45, 2.75) is 57.2 Å². The van der Waals surface area contributed by atoms with Crippen molar-refractivity contribution in [3.8, 4) is 0 Å². The highest BCUT2D eigenvalue weighted by molar-refractivity contribution is 6.34. The SMILES string of the molecule is C[C@H](Nc1ncc(CC(=O)NC2COC2)cn1)C1CCC(Nc2ccc3cncc(Cl)c3n2)CC1. The standard InChI is InChI=1S/C25H30ClN7O2/c1-15(30-25-28-9-16(10-29-25)8-23(34)32-20-13-35-14-20)17-2-5-19(6-3-17)31-22-7-4-18-11-27-12-21(26)24(18)33-22/h4,7,9-12,15,17,19-20H,2-3,5-6,8,13-14H2,1H3,(H,31,33)(H,32,34)(H,28,29,30)/t15-,17?,19?/m0/s1. The zero-order valence-electron chi connectivity index (χ0n) is 19.7. The smallest absolute Gasteiger partial charge is 0.224 e. The number of hydrogen-bond donors (Lipinski definition) is 3. The minimum absolute atomic E-state index is 0.0275. The predicted octanol–water partition coefficient (Wildman–Crippen LogP) is 3.60. The molecular formula is C25H30ClN7O2. The van der Waals surface area contributed by atoms with Crippen molar-refractivity contribution >= 4 is 40.2 Å². The van der Waals surface area contributed by atoms with Crippen LogP contribution in [0.5, 0.6) is 0 Å². The van der Waals surface area contributed by atoms with Gasteiger partial charge < -0.3 is 20.7 Å². The molecule has 1 amide bonds. The Bertz CT molecular complexity index is 1160. The maximum absolute atomic E-state index is 12.0. The van der Waals surface area contributed by atoms with Gasteiger partial charge in [0.25, 0.3) is 0 Å². The molecule has 1 saturated carbocycles. The number of ether oxygens (including phenoxy) is 1. The number of anilines is 2. The average Bonchev–Trinajstić information content (AvgIpc) is 2.84. The van der Waals surface area contributed by atoms with Crippen LogP contribution in [0.4, 0.5) is 11.8 Å². The van der Waals surface area contributed by atoms with E-state index in [9.17, 15) is 4.79 Å². The van der Waals surface area contributed by atoms with E-state index in [-0.39, 0.29) is 24.4 Å². The van der Waals surface area contributed by atoms with Crippen LogP contribution < -0.4 is 16.0 Å². The van der Waals surface area contributed by atoms with Crippen LogP contribution >= 0.6 is 11.6 Å². The second kappa shape index (κ2) is 10.7. The van der Waals surface area contributed by atoms with Crippen LogP contribution in [0.3, 0.4) is 0 Å². The fraction of sp³-hybridized carbons (Fsp3) is 0.480. The topological polar surface area (TPSA) is 114 Å². The highest BCUT2D eigenvalue weighted by Crippen LogP contribution is 2.30. The highest BCUT2D eigenvalue weighted by atomic mass is 35.5. The van der Waals surface area contributed by atoms with Gasteiger partial charge in [0.15, 0.2) is 0 Å². The van der Waals surface area contributed by atoms with Crippen molar-refractivity contribution in [3.05, 3.63) is 47.5 Å². The van der Waals surface area contributed by atoms with Crippen molar-refractivity contribution in [2.24, 2.45) is 5.92 Å². The number of carbonyl (C=O) groups excluding carboxylic acids is 1. The monoisotopic (exact) mass is 495 g/mol. The number of halogens is 1. The summed E-state index contributed by atoms with van der Waals surface area (Å²) in [6, 6.07) is 4.77. The molecule has 1 saturated heterocycles. The molecule has 2 fully saturated rings. The van der Waals surface area contributed by atoms with Gasteiger partial charge >= 0.3 is 0 Å². The molecule has 1 atom stereocenters. The fourth-order valence-corrected chi connectivity index (χ4v) is 4.90. The Kier molecular flexibility index (Phi) is 7.24. The molecule has 0 spiro atoms. The molecule has 0 aromatic carbocycles. The molecule has 4 heterocycles. The summed E-state index contributed by atoms with van der Waals surface area (Å²) >= 11 is 6.26. The fourth-order valence-electron chi connectivity index (χ4n) is 4.69. The molecule has 35 heavy (non-hydrogen) atoms. The van der Waals surface area contributed by atoms with Crippen molar-refractivity contribution < 1.29 is 9.53 Å². The second-order valence-electron chi connectivity index (χ2n) is 9.47. The molecule has 5 rings (SSSR count). The summed E-state index contributed by atoms with van der Waals surface area (Å²) in [5.41, 5.74) is 1.57. The first kappa shape index (κ1) is 23.7. The minimum atomic E-state index is -0.0275. The first-order valence-electron chi connectivity index (χ1n) is 12.1. The number of carbonyl (C=O) groups is 1. The molecule has 1 aliphatic carbocycles. The van der Waals surface area contributed by atoms with Gasteiger partial charge in [-0.05, 0) is 56.2 Å². The van der Waals surface area contributed by atoms with Gasteiger partial charge in [-0.2, -0.15) is 0 Å². The van der Waals surface area contributed by atoms with Gasteiger partial charge in [-0.1, -0.05) is 11.6 Å². The van der Waals surface area contributed by atoms with Crippen LogP contribution in [-0.4, -0.2) is 57.2 Å². The third-order valence-corrected chi connectivity index (χ3v) is 7.09. The van der Waals surface area contributed by atoms with Gasteiger partial charge in [0.1, 0.15) is 5.82 Å². The van der Waals surface area contributed by atoms with Gasteiger partial charge in [0.05, 0.1) is 36.2 Å². The van der Waals surface area contributed by atoms with Crippen molar-refractivity contribution in [3.63, 3.8) is 0 Å². The van der Waals surface area contributed by atoms with E-state index in [2.05, 4.69) is 42.8 Å². The van der Waals surface area contributed by atoms with Crippen molar-refractivity contribution in [2.75, 3.05) is 23.8 Å². The number of hydrogen-bond acceptors (Lipinski definition) is 8. The number of rotatable bonds is 8. The van der Waals surface area contributed by atoms with E-state index in [4.69, 9.17) is 16.3 Å². The molecule has 10 heteroatoms. The van der Waals surface area contributed by atoms with Crippen LogP contribution in [0.2, 0.25) is 5.02 Å². The molecular weight excluding hydrogens is 466 g/mol. The lowest BCUT2D eigenvalue weighted by Gasteiger charge is -2.33. The molecule has 9 nitrogen and oxygen atoms in total. The average molecular weight is 496 g/mol. The lowest BCUT2D eigenvalue weighted by Crippen LogP contribution is -2.49. The summed E-state index contributed by atoms with van der Waals surface area (Å²) in [4.78, 5) is 29.7. The Balaban J connectivity index is 1.08.